The van der Waals surface area contributed by atoms with E-state index in [1.807, 2.05) is 0 Å². The Hall–Kier alpha value is -0.570. The van der Waals surface area contributed by atoms with E-state index in [1.54, 1.807) is 0 Å². The van der Waals surface area contributed by atoms with Gasteiger partial charge in [0.2, 0.25) is 0 Å². The molecule has 1 aliphatic heterocycles. The average molecular weight is 100 g/mol. The zero-order chi connectivity index (χ0) is 5.28. The molecule has 7 heavy (non-hydrogen) atoms. The molecule has 0 aromatic rings. The molecule has 0 bridgehead atoms. The molecule has 3 heteroatoms. The van der Waals surface area contributed by atoms with Gasteiger partial charge in [-0.3, -0.25) is 10.5 Å². The lowest BCUT2D eigenvalue weighted by Crippen LogP contribution is -2.35. The van der Waals surface area contributed by atoms with Crippen molar-refractivity contribution in [2.45, 2.75) is 12.5 Å². The summed E-state index contributed by atoms with van der Waals surface area (Å²) in [6.07, 6.45) is 0.350. The monoisotopic (exact) mass is 100 g/mol. The van der Waals surface area contributed by atoms with Gasteiger partial charge in [0, 0.05) is 6.42 Å². The van der Waals surface area contributed by atoms with Gasteiger partial charge in [-0.2, -0.15) is 0 Å². The summed E-state index contributed by atoms with van der Waals surface area (Å²) < 4.78 is 4.66. The van der Waals surface area contributed by atoms with Gasteiger partial charge < -0.3 is 4.74 Å². The molecule has 0 aliphatic carbocycles. The molecule has 1 aliphatic rings. The number of amides is 1. The van der Waals surface area contributed by atoms with Crippen molar-refractivity contribution >= 4 is 5.91 Å². The van der Waals surface area contributed by atoms with Gasteiger partial charge in [-0.05, 0) is 0 Å². The first-order valence-electron chi connectivity index (χ1n) is 2.18. The first-order chi connectivity index (χ1) is 3.30. The second kappa shape index (κ2) is 1.50. The van der Waals surface area contributed by atoms with Gasteiger partial charge in [-0.25, -0.2) is 0 Å². The summed E-state index contributed by atoms with van der Waals surface area (Å²) in [6.45, 7) is 0.648. The van der Waals surface area contributed by atoms with Crippen molar-refractivity contribution < 1.29 is 9.53 Å². The highest BCUT2D eigenvalue weighted by atomic mass is 16.5. The van der Waals surface area contributed by atoms with E-state index in [-0.39, 0.29) is 6.10 Å². The van der Waals surface area contributed by atoms with Crippen LogP contribution in [0.2, 0.25) is 0 Å². The summed E-state index contributed by atoms with van der Waals surface area (Å²) in [5, 5.41) is 0. The Morgan fingerprint density at radius 2 is 2.43 bits per heavy atom. The Balaban J connectivity index is 2.27. The fraction of sp³-hybridized carbons (Fsp3) is 0.750. The lowest BCUT2D eigenvalue weighted by Gasteiger charge is -2.21. The third kappa shape index (κ3) is 0.718. The van der Waals surface area contributed by atoms with E-state index in [2.05, 4.69) is 4.74 Å². The highest BCUT2D eigenvalue weighted by Crippen LogP contribution is 2.09. The molecule has 39 valence electrons. The molecule has 0 spiro atoms. The zero-order valence-electron chi connectivity index (χ0n) is 3.81. The molecule has 1 unspecified atom stereocenters. The molecule has 1 rings (SSSR count). The van der Waals surface area contributed by atoms with Crippen LogP contribution < -0.4 is 5.73 Å². The lowest BCUT2D eigenvalue weighted by molar-refractivity contribution is -0.142. The van der Waals surface area contributed by atoms with Crippen molar-refractivity contribution in [3.8, 4) is 0 Å². The van der Waals surface area contributed by atoms with E-state index < -0.39 is 5.91 Å². The fourth-order valence-electron chi connectivity index (χ4n) is 0.442. The first kappa shape index (κ1) is 4.59. The van der Waals surface area contributed by atoms with Crippen molar-refractivity contribution in [1.82, 2.24) is 5.73 Å². The highest BCUT2D eigenvalue weighted by Gasteiger charge is 2.23. The van der Waals surface area contributed by atoms with Crippen LogP contribution in [0.25, 0.3) is 0 Å². The van der Waals surface area contributed by atoms with Crippen molar-refractivity contribution in [3.05, 3.63) is 0 Å². The van der Waals surface area contributed by atoms with E-state index in [1.165, 1.54) is 0 Å². The van der Waals surface area contributed by atoms with Gasteiger partial charge in [0.25, 0.3) is 5.91 Å². The maximum atomic E-state index is 9.97. The number of carbonyl (C=O) groups is 1. The van der Waals surface area contributed by atoms with Gasteiger partial charge in [-0.1, -0.05) is 0 Å². The standard InChI is InChI=1S/C4H6NO2/c5-4(6)3-1-2-7-3/h3,5H,1-2H2. The second-order valence-corrected chi connectivity index (χ2v) is 1.51. The van der Waals surface area contributed by atoms with Gasteiger partial charge in [0.1, 0.15) is 6.10 Å². The van der Waals surface area contributed by atoms with Crippen LogP contribution in [0.5, 0.6) is 0 Å². The quantitative estimate of drug-likeness (QED) is 0.449. The normalized spacial score (nSPS) is 28.9. The number of carbonyl (C=O) groups excluding carboxylic acids is 1. The van der Waals surface area contributed by atoms with Crippen LogP contribution in [0.4, 0.5) is 0 Å². The van der Waals surface area contributed by atoms with E-state index in [0.29, 0.717) is 6.61 Å². The molecular weight excluding hydrogens is 94.0 g/mol. The maximum Gasteiger partial charge on any atom is 0.267 e. The molecule has 0 aromatic heterocycles. The zero-order valence-corrected chi connectivity index (χ0v) is 3.81. The number of rotatable bonds is 1. The van der Waals surface area contributed by atoms with Crippen LogP contribution in [0.1, 0.15) is 6.42 Å². The Labute approximate surface area is 41.4 Å². The predicted molar refractivity (Wildman–Crippen MR) is 22.5 cm³/mol. The number of ether oxygens (including phenoxy) is 1. The third-order valence-corrected chi connectivity index (χ3v) is 0.992. The van der Waals surface area contributed by atoms with Gasteiger partial charge >= 0.3 is 0 Å². The molecule has 1 saturated heterocycles. The topological polar surface area (TPSA) is 50.1 Å². The summed E-state index contributed by atoms with van der Waals surface area (Å²) in [4.78, 5) is 9.97. The van der Waals surface area contributed by atoms with Crippen LogP contribution in [0.3, 0.4) is 0 Å². The van der Waals surface area contributed by atoms with Crippen molar-refractivity contribution in [2.24, 2.45) is 0 Å². The first-order valence-corrected chi connectivity index (χ1v) is 2.18. The number of hydrogen-bond acceptors (Lipinski definition) is 2. The third-order valence-electron chi connectivity index (χ3n) is 0.992. The molecule has 1 atom stereocenters. The minimum absolute atomic E-state index is 0.389. The summed E-state index contributed by atoms with van der Waals surface area (Å²) in [7, 11) is 0. The molecule has 1 heterocycles. The lowest BCUT2D eigenvalue weighted by atomic mass is 10.2. The Bertz CT molecular complexity index is 87.7. The van der Waals surface area contributed by atoms with Gasteiger partial charge in [-0.15, -0.1) is 0 Å². The Morgan fingerprint density at radius 1 is 1.86 bits per heavy atom. The van der Waals surface area contributed by atoms with E-state index in [9.17, 15) is 4.79 Å². The van der Waals surface area contributed by atoms with Crippen LogP contribution in [0, 0.1) is 0 Å². The molecule has 1 fully saturated rings. The fourth-order valence-corrected chi connectivity index (χ4v) is 0.442. The molecule has 1 amide bonds. The van der Waals surface area contributed by atoms with Crippen LogP contribution >= 0.6 is 0 Å². The maximum absolute atomic E-state index is 9.97. The molecular formula is C4H6NO2. The largest absolute Gasteiger partial charge is 0.368 e. The van der Waals surface area contributed by atoms with Crippen LogP contribution in [0.15, 0.2) is 0 Å². The van der Waals surface area contributed by atoms with Crippen LogP contribution in [-0.4, -0.2) is 18.6 Å². The average Bonchev–Trinajstić information content (AvgIpc) is 1.23. The van der Waals surface area contributed by atoms with Crippen molar-refractivity contribution in [1.29, 1.82) is 0 Å². The summed E-state index contributed by atoms with van der Waals surface area (Å²) in [5.74, 6) is -0.591. The molecule has 3 nitrogen and oxygen atoms in total. The molecule has 1 N–H and O–H groups in total. The van der Waals surface area contributed by atoms with Gasteiger partial charge in [0.15, 0.2) is 0 Å². The van der Waals surface area contributed by atoms with Gasteiger partial charge in [0.05, 0.1) is 6.61 Å². The molecule has 0 saturated carbocycles. The number of nitrogens with one attached hydrogen (secondary N) is 1. The van der Waals surface area contributed by atoms with E-state index in [0.717, 1.165) is 6.42 Å². The van der Waals surface area contributed by atoms with Crippen molar-refractivity contribution in [2.75, 3.05) is 6.61 Å². The Morgan fingerprint density at radius 3 is 2.43 bits per heavy atom. The minimum atomic E-state index is -0.591. The predicted octanol–water partition coefficient (Wildman–Crippen LogP) is -0.415. The van der Waals surface area contributed by atoms with Crippen molar-refractivity contribution in [3.63, 3.8) is 0 Å². The van der Waals surface area contributed by atoms with E-state index in [4.69, 9.17) is 5.73 Å². The summed E-state index contributed by atoms with van der Waals surface area (Å²) in [5.41, 5.74) is 6.47. The minimum Gasteiger partial charge on any atom is -0.368 e. The van der Waals surface area contributed by atoms with Crippen LogP contribution in [-0.2, 0) is 9.53 Å². The molecule has 1 radical (unpaired) electrons. The highest BCUT2D eigenvalue weighted by molar-refractivity contribution is 5.78. The summed E-state index contributed by atoms with van der Waals surface area (Å²) >= 11 is 0. The molecule has 0 aromatic carbocycles. The smallest absolute Gasteiger partial charge is 0.267 e. The Kier molecular flexibility index (Phi) is 0.982. The second-order valence-electron chi connectivity index (χ2n) is 1.51. The van der Waals surface area contributed by atoms with E-state index >= 15 is 0 Å². The SMILES string of the molecule is [NH]C(=O)C1CCO1. The number of hydrogen-bond donors (Lipinski definition) is 0. The summed E-state index contributed by atoms with van der Waals surface area (Å²) in [6, 6.07) is 0.